The summed E-state index contributed by atoms with van der Waals surface area (Å²) in [6.07, 6.45) is 0. The second-order valence-electron chi connectivity index (χ2n) is 5.50. The van der Waals surface area contributed by atoms with Gasteiger partial charge in [-0.1, -0.05) is 22.9 Å². The van der Waals surface area contributed by atoms with Crippen LogP contribution in [0.15, 0.2) is 51.8 Å². The average molecular weight is 457 g/mol. The summed E-state index contributed by atoms with van der Waals surface area (Å²) in [6.45, 7) is 1.54. The Morgan fingerprint density at radius 1 is 1.07 bits per heavy atom. The van der Waals surface area contributed by atoms with Crippen LogP contribution >= 0.6 is 15.9 Å². The first-order valence-corrected chi connectivity index (χ1v) is 10.3. The maximum atomic E-state index is 12.7. The lowest BCUT2D eigenvalue weighted by atomic mass is 10.2. The van der Waals surface area contributed by atoms with E-state index in [4.69, 9.17) is 9.47 Å². The molecule has 1 N–H and O–H groups in total. The number of sulfonamides is 1. The van der Waals surface area contributed by atoms with E-state index in [1.807, 2.05) is 0 Å². The van der Waals surface area contributed by atoms with E-state index in [-0.39, 0.29) is 18.0 Å². The molecular formula is C18H21BrN2O5S. The van der Waals surface area contributed by atoms with Crippen molar-refractivity contribution in [3.8, 4) is 11.5 Å². The average Bonchev–Trinajstić information content (AvgIpc) is 2.66. The van der Waals surface area contributed by atoms with E-state index < -0.39 is 15.9 Å². The lowest BCUT2D eigenvalue weighted by molar-refractivity contribution is -0.116. The highest BCUT2D eigenvalue weighted by Gasteiger charge is 2.25. The molecule has 0 atom stereocenters. The molecule has 146 valence electrons. The molecule has 27 heavy (non-hydrogen) atoms. The molecular weight excluding hydrogens is 436 g/mol. The number of halogens is 1. The van der Waals surface area contributed by atoms with Crippen molar-refractivity contribution in [3.05, 3.63) is 46.9 Å². The van der Waals surface area contributed by atoms with Crippen molar-refractivity contribution in [1.82, 2.24) is 4.31 Å². The van der Waals surface area contributed by atoms with Crippen LogP contribution in [0.5, 0.6) is 11.5 Å². The Labute approximate surface area is 167 Å². The van der Waals surface area contributed by atoms with Crippen molar-refractivity contribution < 1.29 is 22.7 Å². The smallest absolute Gasteiger partial charge is 0.243 e. The molecule has 9 heteroatoms. The van der Waals surface area contributed by atoms with Crippen LogP contribution in [0.1, 0.15) is 6.92 Å². The van der Waals surface area contributed by atoms with Gasteiger partial charge in [-0.05, 0) is 36.4 Å². The molecule has 0 radical (unpaired) electrons. The molecule has 0 aliphatic rings. The second kappa shape index (κ2) is 9.20. The summed E-state index contributed by atoms with van der Waals surface area (Å²) < 4.78 is 37.7. The van der Waals surface area contributed by atoms with Crippen molar-refractivity contribution in [3.63, 3.8) is 0 Å². The summed E-state index contributed by atoms with van der Waals surface area (Å²) in [5, 5.41) is 2.68. The molecule has 2 aromatic carbocycles. The Morgan fingerprint density at radius 2 is 1.70 bits per heavy atom. The van der Waals surface area contributed by atoms with E-state index in [9.17, 15) is 13.2 Å². The first-order chi connectivity index (χ1) is 12.8. The van der Waals surface area contributed by atoms with Crippen LogP contribution < -0.4 is 14.8 Å². The number of anilines is 1. The predicted octanol–water partition coefficient (Wildman–Crippen LogP) is 3.12. The summed E-state index contributed by atoms with van der Waals surface area (Å²) in [5.41, 5.74) is 0.481. The minimum absolute atomic E-state index is 0.131. The highest BCUT2D eigenvalue weighted by molar-refractivity contribution is 9.10. The van der Waals surface area contributed by atoms with Crippen LogP contribution in [-0.2, 0) is 14.8 Å². The van der Waals surface area contributed by atoms with E-state index in [1.54, 1.807) is 37.3 Å². The van der Waals surface area contributed by atoms with Gasteiger partial charge < -0.3 is 14.8 Å². The zero-order valence-corrected chi connectivity index (χ0v) is 17.6. The molecule has 0 saturated heterocycles. The number of carbonyl (C=O) groups excluding carboxylic acids is 1. The predicted molar refractivity (Wildman–Crippen MR) is 107 cm³/mol. The second-order valence-corrected chi connectivity index (χ2v) is 8.36. The molecule has 0 unspecified atom stereocenters. The maximum absolute atomic E-state index is 12.7. The molecule has 0 aromatic heterocycles. The molecule has 1 amide bonds. The normalized spacial score (nSPS) is 11.3. The van der Waals surface area contributed by atoms with Crippen LogP contribution in [0.2, 0.25) is 0 Å². The van der Waals surface area contributed by atoms with Crippen molar-refractivity contribution in [2.75, 3.05) is 32.6 Å². The Bertz CT molecular complexity index is 900. The quantitative estimate of drug-likeness (QED) is 0.659. The molecule has 2 aromatic rings. The van der Waals surface area contributed by atoms with E-state index in [0.717, 1.165) is 8.78 Å². The first kappa shape index (κ1) is 21.2. The van der Waals surface area contributed by atoms with Gasteiger partial charge in [0, 0.05) is 22.8 Å². The fraction of sp³-hybridized carbons (Fsp3) is 0.278. The van der Waals surface area contributed by atoms with Crippen LogP contribution in [0.25, 0.3) is 0 Å². The zero-order chi connectivity index (χ0) is 20.0. The summed E-state index contributed by atoms with van der Waals surface area (Å²) in [4.78, 5) is 12.5. The third kappa shape index (κ3) is 5.21. The standard InChI is InChI=1S/C18H21BrN2O5S/c1-4-21(27(23,24)15-8-5-13(19)6-9-15)12-18(22)20-14-7-10-16(25-2)17(11-14)26-3/h5-11H,4,12H2,1-3H3,(H,20,22). The van der Waals surface area contributed by atoms with E-state index >= 15 is 0 Å². The van der Waals surface area contributed by atoms with Crippen molar-refractivity contribution >= 4 is 37.5 Å². The van der Waals surface area contributed by atoms with Gasteiger partial charge in [0.15, 0.2) is 11.5 Å². The Balaban J connectivity index is 2.14. The van der Waals surface area contributed by atoms with Crippen molar-refractivity contribution in [2.45, 2.75) is 11.8 Å². The van der Waals surface area contributed by atoms with Crippen LogP contribution in [0.4, 0.5) is 5.69 Å². The highest BCUT2D eigenvalue weighted by Crippen LogP contribution is 2.29. The van der Waals surface area contributed by atoms with E-state index in [2.05, 4.69) is 21.2 Å². The van der Waals surface area contributed by atoms with Crippen LogP contribution in [0.3, 0.4) is 0 Å². The monoisotopic (exact) mass is 456 g/mol. The highest BCUT2D eigenvalue weighted by atomic mass is 79.9. The summed E-state index contributed by atoms with van der Waals surface area (Å²) in [5.74, 6) is 0.540. The largest absolute Gasteiger partial charge is 0.493 e. The number of benzene rings is 2. The fourth-order valence-electron chi connectivity index (χ4n) is 2.40. The third-order valence-electron chi connectivity index (χ3n) is 3.79. The number of ether oxygens (including phenoxy) is 2. The molecule has 0 aliphatic carbocycles. The number of carbonyl (C=O) groups is 1. The van der Waals surface area contributed by atoms with Gasteiger partial charge in [0.25, 0.3) is 0 Å². The summed E-state index contributed by atoms with van der Waals surface area (Å²) >= 11 is 3.27. The number of likely N-dealkylation sites (N-methyl/N-ethyl adjacent to an activating group) is 1. The summed E-state index contributed by atoms with van der Waals surface area (Å²) in [6, 6.07) is 11.2. The molecule has 0 saturated carbocycles. The first-order valence-electron chi connectivity index (χ1n) is 8.09. The molecule has 0 spiro atoms. The van der Waals surface area contributed by atoms with Crippen molar-refractivity contribution in [1.29, 1.82) is 0 Å². The molecule has 0 heterocycles. The van der Waals surface area contributed by atoms with Gasteiger partial charge in [0.05, 0.1) is 25.7 Å². The van der Waals surface area contributed by atoms with Crippen molar-refractivity contribution in [2.24, 2.45) is 0 Å². The fourth-order valence-corrected chi connectivity index (χ4v) is 4.07. The summed E-state index contributed by atoms with van der Waals surface area (Å²) in [7, 11) is -0.763. The maximum Gasteiger partial charge on any atom is 0.243 e. The zero-order valence-electron chi connectivity index (χ0n) is 15.2. The SMILES string of the molecule is CCN(CC(=O)Nc1ccc(OC)c(OC)c1)S(=O)(=O)c1ccc(Br)cc1. The molecule has 2 rings (SSSR count). The van der Waals surface area contributed by atoms with E-state index in [0.29, 0.717) is 17.2 Å². The molecule has 0 aliphatic heterocycles. The van der Waals surface area contributed by atoms with Gasteiger partial charge >= 0.3 is 0 Å². The lowest BCUT2D eigenvalue weighted by Crippen LogP contribution is -2.37. The lowest BCUT2D eigenvalue weighted by Gasteiger charge is -2.20. The molecule has 7 nitrogen and oxygen atoms in total. The van der Waals surface area contributed by atoms with Gasteiger partial charge in [0.1, 0.15) is 0 Å². The van der Waals surface area contributed by atoms with Gasteiger partial charge in [-0.25, -0.2) is 8.42 Å². The van der Waals surface area contributed by atoms with Gasteiger partial charge in [0.2, 0.25) is 15.9 Å². The number of hydrogen-bond donors (Lipinski definition) is 1. The number of nitrogens with one attached hydrogen (secondary N) is 1. The van der Waals surface area contributed by atoms with Crippen LogP contribution in [-0.4, -0.2) is 45.9 Å². The number of hydrogen-bond acceptors (Lipinski definition) is 5. The minimum Gasteiger partial charge on any atom is -0.493 e. The minimum atomic E-state index is -3.77. The topological polar surface area (TPSA) is 84.9 Å². The number of methoxy groups -OCH3 is 2. The van der Waals surface area contributed by atoms with Gasteiger partial charge in [-0.15, -0.1) is 0 Å². The van der Waals surface area contributed by atoms with Gasteiger partial charge in [-0.2, -0.15) is 4.31 Å². The Hall–Kier alpha value is -2.10. The number of rotatable bonds is 8. The molecule has 0 fully saturated rings. The van der Waals surface area contributed by atoms with E-state index in [1.165, 1.54) is 26.4 Å². The number of nitrogens with zero attached hydrogens (tertiary/aromatic N) is 1. The Kier molecular flexibility index (Phi) is 7.23. The Morgan fingerprint density at radius 3 is 2.26 bits per heavy atom. The van der Waals surface area contributed by atoms with Crippen LogP contribution in [0, 0.1) is 0 Å². The number of amides is 1. The molecule has 0 bridgehead atoms. The third-order valence-corrected chi connectivity index (χ3v) is 6.26. The van der Waals surface area contributed by atoms with Gasteiger partial charge in [-0.3, -0.25) is 4.79 Å².